The molecule has 102 valence electrons. The first kappa shape index (κ1) is 12.9. The van der Waals surface area contributed by atoms with Crippen LogP contribution in [0.5, 0.6) is 0 Å². The van der Waals surface area contributed by atoms with Crippen molar-refractivity contribution in [3.05, 3.63) is 65.6 Å². The maximum absolute atomic E-state index is 12.1. The van der Waals surface area contributed by atoms with Gasteiger partial charge in [0.05, 0.1) is 15.9 Å². The van der Waals surface area contributed by atoms with Gasteiger partial charge >= 0.3 is 0 Å². The van der Waals surface area contributed by atoms with Crippen molar-refractivity contribution in [3.8, 4) is 0 Å². The fraction of sp³-hybridized carbons (Fsp3) is 0.188. The van der Waals surface area contributed by atoms with E-state index in [9.17, 15) is 4.79 Å². The lowest BCUT2D eigenvalue weighted by Crippen LogP contribution is -2.23. The van der Waals surface area contributed by atoms with E-state index in [4.69, 9.17) is 0 Å². The summed E-state index contributed by atoms with van der Waals surface area (Å²) >= 11 is 1.74. The van der Waals surface area contributed by atoms with Crippen LogP contribution in [0.15, 0.2) is 29.1 Å². The van der Waals surface area contributed by atoms with E-state index in [-0.39, 0.29) is 5.56 Å². The van der Waals surface area contributed by atoms with Gasteiger partial charge in [0.25, 0.3) is 5.56 Å². The van der Waals surface area contributed by atoms with Gasteiger partial charge in [-0.05, 0) is 36.8 Å². The fourth-order valence-corrected chi connectivity index (χ4v) is 3.35. The molecule has 0 bridgehead atoms. The molecule has 0 aromatic carbocycles. The predicted molar refractivity (Wildman–Crippen MR) is 83.4 cm³/mol. The highest BCUT2D eigenvalue weighted by Crippen LogP contribution is 2.18. The summed E-state index contributed by atoms with van der Waals surface area (Å²) in [6.07, 6.45) is 4.17. The first-order valence-electron chi connectivity index (χ1n) is 6.68. The van der Waals surface area contributed by atoms with E-state index in [0.717, 1.165) is 33.8 Å². The van der Waals surface area contributed by atoms with Gasteiger partial charge in [0.2, 0.25) is 0 Å². The molecule has 0 fully saturated rings. The molecule has 3 rings (SSSR count). The Morgan fingerprint density at radius 2 is 2.10 bits per heavy atom. The van der Waals surface area contributed by atoms with Gasteiger partial charge < -0.3 is 9.97 Å². The molecular formula is C16H16N2OS. The molecule has 2 N–H and O–H groups in total. The van der Waals surface area contributed by atoms with Crippen LogP contribution in [0.2, 0.25) is 0 Å². The summed E-state index contributed by atoms with van der Waals surface area (Å²) in [4.78, 5) is 20.6. The average Bonchev–Trinajstić information content (AvgIpc) is 2.97. The van der Waals surface area contributed by atoms with Crippen molar-refractivity contribution in [2.75, 3.05) is 0 Å². The summed E-state index contributed by atoms with van der Waals surface area (Å²) in [6, 6.07) is 7.94. The van der Waals surface area contributed by atoms with Gasteiger partial charge in [-0.2, -0.15) is 0 Å². The van der Waals surface area contributed by atoms with E-state index in [1.165, 1.54) is 4.88 Å². The number of rotatable bonds is 3. The second-order valence-electron chi connectivity index (χ2n) is 4.84. The normalized spacial score (nSPS) is 12.3. The first-order chi connectivity index (χ1) is 9.67. The van der Waals surface area contributed by atoms with Gasteiger partial charge in [0, 0.05) is 15.1 Å². The Labute approximate surface area is 120 Å². The second-order valence-corrected chi connectivity index (χ2v) is 6.04. The number of nitrogens with one attached hydrogen (secondary N) is 2. The fourth-order valence-electron chi connectivity index (χ4n) is 2.29. The summed E-state index contributed by atoms with van der Waals surface area (Å²) in [5.74, 6) is 0. The topological polar surface area (TPSA) is 48.6 Å². The molecule has 0 atom stereocenters. The van der Waals surface area contributed by atoms with E-state index in [2.05, 4.69) is 35.6 Å². The third-order valence-corrected chi connectivity index (χ3v) is 4.33. The lowest BCUT2D eigenvalue weighted by Gasteiger charge is -1.88. The van der Waals surface area contributed by atoms with Gasteiger partial charge in [-0.25, -0.2) is 0 Å². The minimum Gasteiger partial charge on any atom is -0.354 e. The van der Waals surface area contributed by atoms with Crippen LogP contribution in [0.3, 0.4) is 0 Å². The molecule has 3 nitrogen and oxygen atoms in total. The molecule has 1 aromatic heterocycles. The number of aromatic amines is 2. The zero-order chi connectivity index (χ0) is 14.1. The smallest absolute Gasteiger partial charge is 0.257 e. The summed E-state index contributed by atoms with van der Waals surface area (Å²) in [7, 11) is 0. The highest BCUT2D eigenvalue weighted by molar-refractivity contribution is 7.12. The molecule has 3 heterocycles. The summed E-state index contributed by atoms with van der Waals surface area (Å²) < 4.78 is 0. The largest absolute Gasteiger partial charge is 0.354 e. The van der Waals surface area contributed by atoms with E-state index in [1.807, 2.05) is 18.2 Å². The number of aromatic nitrogens is 2. The van der Waals surface area contributed by atoms with Crippen molar-refractivity contribution < 1.29 is 0 Å². The second kappa shape index (κ2) is 5.13. The Morgan fingerprint density at radius 1 is 1.25 bits per heavy atom. The van der Waals surface area contributed by atoms with Gasteiger partial charge in [-0.15, -0.1) is 11.3 Å². The lowest BCUT2D eigenvalue weighted by atomic mass is 10.3. The van der Waals surface area contributed by atoms with Gasteiger partial charge in [-0.3, -0.25) is 4.79 Å². The van der Waals surface area contributed by atoms with Crippen LogP contribution in [0, 0.1) is 10.7 Å². The van der Waals surface area contributed by atoms with Crippen molar-refractivity contribution in [1.29, 1.82) is 0 Å². The van der Waals surface area contributed by atoms with Crippen molar-refractivity contribution in [1.82, 2.24) is 9.97 Å². The molecule has 0 saturated carbocycles. The molecule has 0 unspecified atom stereocenters. The maximum atomic E-state index is 12.1. The minimum absolute atomic E-state index is 0.0627. The van der Waals surface area contributed by atoms with E-state index < -0.39 is 0 Å². The number of H-pyrrole nitrogens is 2. The zero-order valence-corrected chi connectivity index (χ0v) is 12.1. The third kappa shape index (κ3) is 2.34. The van der Waals surface area contributed by atoms with Gasteiger partial charge in [0.1, 0.15) is 0 Å². The lowest BCUT2D eigenvalue weighted by molar-refractivity contribution is 0.940. The van der Waals surface area contributed by atoms with Gasteiger partial charge in [-0.1, -0.05) is 19.9 Å². The van der Waals surface area contributed by atoms with Crippen molar-refractivity contribution in [2.45, 2.75) is 19.8 Å². The Balaban J connectivity index is 2.22. The molecule has 4 heteroatoms. The maximum Gasteiger partial charge on any atom is 0.257 e. The quantitative estimate of drug-likeness (QED) is 0.755. The van der Waals surface area contributed by atoms with E-state index in [1.54, 1.807) is 11.3 Å². The summed E-state index contributed by atoms with van der Waals surface area (Å²) in [6.45, 7) is 6.04. The third-order valence-electron chi connectivity index (χ3n) is 3.23. The predicted octanol–water partition coefficient (Wildman–Crippen LogP) is 1.68. The SMILES string of the molecule is C=c1ccc2[nH]c(=O)c(=Cc3ccc(CCC)s3)c=2[nH]1. The molecule has 1 aromatic rings. The Kier molecular flexibility index (Phi) is 3.32. The number of hydrogen-bond acceptors (Lipinski definition) is 2. The number of aryl methyl sites for hydroxylation is 1. The molecule has 0 amide bonds. The highest BCUT2D eigenvalue weighted by atomic mass is 32.1. The van der Waals surface area contributed by atoms with Crippen LogP contribution >= 0.6 is 11.3 Å². The molecular weight excluding hydrogens is 268 g/mol. The number of hydrogen-bond donors (Lipinski definition) is 2. The molecule has 2 aliphatic rings. The molecule has 0 spiro atoms. The van der Waals surface area contributed by atoms with Crippen LogP contribution in [-0.4, -0.2) is 9.97 Å². The minimum atomic E-state index is -0.0627. The van der Waals surface area contributed by atoms with Crippen LogP contribution in [0.25, 0.3) is 12.7 Å². The first-order valence-corrected chi connectivity index (χ1v) is 7.49. The molecule has 20 heavy (non-hydrogen) atoms. The molecule has 2 aliphatic heterocycles. The average molecular weight is 284 g/mol. The van der Waals surface area contributed by atoms with Crippen LogP contribution in [0.4, 0.5) is 0 Å². The summed E-state index contributed by atoms with van der Waals surface area (Å²) in [5, 5.41) is 3.12. The Hall–Kier alpha value is -2.07. The van der Waals surface area contributed by atoms with Crippen molar-refractivity contribution >= 4 is 24.0 Å². The standard InChI is InChI=1S/C16H16N2OS/c1-3-4-11-6-7-12(20-11)9-13-15-14(18-16(13)19)8-5-10(2)17-15/h5-9,17H,2-4H2,1H3,(H,18,19). The zero-order valence-electron chi connectivity index (χ0n) is 11.3. The highest BCUT2D eigenvalue weighted by Gasteiger charge is 2.01. The monoisotopic (exact) mass is 284 g/mol. The number of thiophene rings is 1. The van der Waals surface area contributed by atoms with E-state index >= 15 is 0 Å². The van der Waals surface area contributed by atoms with Crippen LogP contribution in [0.1, 0.15) is 23.1 Å². The molecule has 0 radical (unpaired) electrons. The Morgan fingerprint density at radius 3 is 2.90 bits per heavy atom. The van der Waals surface area contributed by atoms with Crippen molar-refractivity contribution in [3.63, 3.8) is 0 Å². The van der Waals surface area contributed by atoms with E-state index in [0.29, 0.717) is 5.22 Å². The van der Waals surface area contributed by atoms with Crippen LogP contribution < -0.4 is 16.1 Å². The molecule has 0 aliphatic carbocycles. The van der Waals surface area contributed by atoms with Crippen molar-refractivity contribution in [2.24, 2.45) is 0 Å². The van der Waals surface area contributed by atoms with Gasteiger partial charge in [0.15, 0.2) is 0 Å². The summed E-state index contributed by atoms with van der Waals surface area (Å²) in [5.41, 5.74) is -0.0627. The Bertz CT molecular complexity index is 961. The van der Waals surface area contributed by atoms with Crippen LogP contribution in [-0.2, 0) is 6.42 Å². The molecule has 0 saturated heterocycles.